The Morgan fingerprint density at radius 1 is 1.06 bits per heavy atom. The molecular weight excluding hydrogens is 404 g/mol. The molecule has 2 unspecified atom stereocenters. The second kappa shape index (κ2) is 8.86. The minimum absolute atomic E-state index is 0.0257. The van der Waals surface area contributed by atoms with Crippen molar-refractivity contribution in [2.45, 2.75) is 18.9 Å². The number of rotatable bonds is 5. The summed E-state index contributed by atoms with van der Waals surface area (Å²) < 4.78 is 5.32. The third-order valence-corrected chi connectivity index (χ3v) is 6.39. The molecule has 164 valence electrons. The van der Waals surface area contributed by atoms with Gasteiger partial charge in [0.25, 0.3) is 5.91 Å². The first-order valence-corrected chi connectivity index (χ1v) is 11.1. The molecule has 0 aliphatic carbocycles. The second-order valence-electron chi connectivity index (χ2n) is 8.29. The Hall–Kier alpha value is -3.61. The van der Waals surface area contributed by atoms with Crippen LogP contribution in [0.25, 0.3) is 0 Å². The van der Waals surface area contributed by atoms with Gasteiger partial charge in [0.1, 0.15) is 0 Å². The molecule has 1 N–H and O–H groups in total. The van der Waals surface area contributed by atoms with E-state index in [1.807, 2.05) is 35.2 Å². The van der Waals surface area contributed by atoms with Crippen LogP contribution in [0.15, 0.2) is 71.5 Å². The molecule has 0 spiro atoms. The number of anilines is 1. The summed E-state index contributed by atoms with van der Waals surface area (Å²) in [6, 6.07) is 17.4. The second-order valence-corrected chi connectivity index (χ2v) is 8.29. The van der Waals surface area contributed by atoms with E-state index in [1.54, 1.807) is 18.3 Å². The number of carbonyl (C=O) groups is 2. The Balaban J connectivity index is 1.33. The average molecular weight is 431 g/mol. The molecule has 32 heavy (non-hydrogen) atoms. The summed E-state index contributed by atoms with van der Waals surface area (Å²) in [7, 11) is 0. The predicted octanol–water partition coefficient (Wildman–Crippen LogP) is 2.54. The van der Waals surface area contributed by atoms with Crippen molar-refractivity contribution in [1.82, 2.24) is 15.2 Å². The lowest BCUT2D eigenvalue weighted by Gasteiger charge is -2.48. The van der Waals surface area contributed by atoms with Crippen LogP contribution in [-0.2, 0) is 17.6 Å². The Labute approximate surface area is 187 Å². The first-order chi connectivity index (χ1) is 15.7. The third kappa shape index (κ3) is 3.98. The standard InChI is InChI=1S/C25H26N4O3/c30-24(27-12-10-19-7-3-4-11-26-19)20-16-18-6-1-2-8-21(18)29-14-13-28(17-22(20)29)25(31)23-9-5-15-32-23/h1-9,11,15,20,22H,10,12-14,16-17H2,(H,27,30). The highest BCUT2D eigenvalue weighted by Gasteiger charge is 2.42. The molecule has 0 saturated carbocycles. The van der Waals surface area contributed by atoms with Crippen LogP contribution in [0.3, 0.4) is 0 Å². The quantitative estimate of drug-likeness (QED) is 0.673. The van der Waals surface area contributed by atoms with E-state index in [2.05, 4.69) is 27.3 Å². The molecule has 2 aromatic heterocycles. The molecule has 2 atom stereocenters. The van der Waals surface area contributed by atoms with Crippen LogP contribution in [0.5, 0.6) is 0 Å². The number of furan rings is 1. The van der Waals surface area contributed by atoms with Gasteiger partial charge in [-0.1, -0.05) is 24.3 Å². The van der Waals surface area contributed by atoms with Crippen molar-refractivity contribution in [3.05, 3.63) is 84.1 Å². The van der Waals surface area contributed by atoms with Gasteiger partial charge in [-0.25, -0.2) is 0 Å². The molecule has 7 heteroatoms. The van der Waals surface area contributed by atoms with Crippen molar-refractivity contribution in [2.75, 3.05) is 31.1 Å². The number of para-hydroxylation sites is 1. The fourth-order valence-electron chi connectivity index (χ4n) is 4.79. The van der Waals surface area contributed by atoms with E-state index in [4.69, 9.17) is 4.42 Å². The molecule has 1 fully saturated rings. The number of hydrogen-bond acceptors (Lipinski definition) is 5. The van der Waals surface area contributed by atoms with E-state index in [9.17, 15) is 9.59 Å². The number of pyridine rings is 1. The first-order valence-electron chi connectivity index (χ1n) is 11.1. The minimum atomic E-state index is -0.235. The Kier molecular flexibility index (Phi) is 5.62. The van der Waals surface area contributed by atoms with E-state index >= 15 is 0 Å². The number of hydrogen-bond donors (Lipinski definition) is 1. The Morgan fingerprint density at radius 3 is 2.75 bits per heavy atom. The fourth-order valence-corrected chi connectivity index (χ4v) is 4.79. The molecule has 2 amide bonds. The van der Waals surface area contributed by atoms with Crippen LogP contribution in [0, 0.1) is 5.92 Å². The van der Waals surface area contributed by atoms with Gasteiger partial charge in [0.05, 0.1) is 18.2 Å². The lowest BCUT2D eigenvalue weighted by atomic mass is 9.83. The van der Waals surface area contributed by atoms with Crippen LogP contribution in [0.4, 0.5) is 5.69 Å². The fraction of sp³-hybridized carbons (Fsp3) is 0.320. The van der Waals surface area contributed by atoms with Gasteiger partial charge in [-0.3, -0.25) is 14.6 Å². The van der Waals surface area contributed by atoms with E-state index in [-0.39, 0.29) is 23.8 Å². The summed E-state index contributed by atoms with van der Waals surface area (Å²) in [5.74, 6) is 0.00686. The average Bonchev–Trinajstić information content (AvgIpc) is 3.38. The number of nitrogens with one attached hydrogen (secondary N) is 1. The van der Waals surface area contributed by atoms with Crippen molar-refractivity contribution in [3.8, 4) is 0 Å². The highest BCUT2D eigenvalue weighted by molar-refractivity contribution is 5.92. The topological polar surface area (TPSA) is 78.7 Å². The van der Waals surface area contributed by atoms with Crippen molar-refractivity contribution in [1.29, 1.82) is 0 Å². The number of piperazine rings is 1. The van der Waals surface area contributed by atoms with Gasteiger partial charge >= 0.3 is 0 Å². The summed E-state index contributed by atoms with van der Waals surface area (Å²) in [4.78, 5) is 34.6. The van der Waals surface area contributed by atoms with Crippen molar-refractivity contribution in [2.24, 2.45) is 5.92 Å². The van der Waals surface area contributed by atoms with Gasteiger partial charge in [0.15, 0.2) is 5.76 Å². The molecular formula is C25H26N4O3. The minimum Gasteiger partial charge on any atom is -0.459 e. The maximum atomic E-state index is 13.3. The van der Waals surface area contributed by atoms with Crippen LogP contribution >= 0.6 is 0 Å². The lowest BCUT2D eigenvalue weighted by molar-refractivity contribution is -0.126. The van der Waals surface area contributed by atoms with Crippen LogP contribution in [-0.4, -0.2) is 53.9 Å². The smallest absolute Gasteiger partial charge is 0.289 e. The number of fused-ring (bicyclic) bond motifs is 3. The molecule has 3 aromatic rings. The normalized spacial score (nSPS) is 19.8. The number of nitrogens with zero attached hydrogens (tertiary/aromatic N) is 3. The number of amides is 2. The first kappa shape index (κ1) is 20.3. The summed E-state index contributed by atoms with van der Waals surface area (Å²) in [5.41, 5.74) is 3.30. The van der Waals surface area contributed by atoms with Crippen molar-refractivity contribution < 1.29 is 14.0 Å². The SMILES string of the molecule is O=C(NCCc1ccccn1)C1Cc2ccccc2N2CCN(C(=O)c3ccco3)CC12. The zero-order valence-corrected chi connectivity index (χ0v) is 17.8. The van der Waals surface area contributed by atoms with Gasteiger partial charge in [0, 0.05) is 50.2 Å². The van der Waals surface area contributed by atoms with E-state index in [0.29, 0.717) is 44.8 Å². The maximum Gasteiger partial charge on any atom is 0.289 e. The summed E-state index contributed by atoms with van der Waals surface area (Å²) >= 11 is 0. The van der Waals surface area contributed by atoms with E-state index < -0.39 is 0 Å². The highest BCUT2D eigenvalue weighted by Crippen LogP contribution is 2.36. The molecule has 1 aromatic carbocycles. The van der Waals surface area contributed by atoms with Crippen molar-refractivity contribution >= 4 is 17.5 Å². The predicted molar refractivity (Wildman–Crippen MR) is 120 cm³/mol. The molecule has 7 nitrogen and oxygen atoms in total. The lowest BCUT2D eigenvalue weighted by Crippen LogP contribution is -2.62. The highest BCUT2D eigenvalue weighted by atomic mass is 16.3. The molecule has 4 heterocycles. The van der Waals surface area contributed by atoms with Crippen LogP contribution in [0.1, 0.15) is 21.8 Å². The summed E-state index contributed by atoms with van der Waals surface area (Å²) in [6.07, 6.45) is 4.63. The molecule has 0 radical (unpaired) electrons. The number of benzene rings is 1. The van der Waals surface area contributed by atoms with Crippen molar-refractivity contribution in [3.63, 3.8) is 0 Å². The summed E-state index contributed by atoms with van der Waals surface area (Å²) in [6.45, 7) is 2.31. The Bertz CT molecular complexity index is 1080. The third-order valence-electron chi connectivity index (χ3n) is 6.39. The zero-order chi connectivity index (χ0) is 21.9. The molecule has 2 aliphatic rings. The summed E-state index contributed by atoms with van der Waals surface area (Å²) in [5, 5.41) is 3.11. The van der Waals surface area contributed by atoms with Gasteiger partial charge in [-0.05, 0) is 42.3 Å². The molecule has 0 bridgehead atoms. The van der Waals surface area contributed by atoms with Gasteiger partial charge < -0.3 is 19.5 Å². The van der Waals surface area contributed by atoms with E-state index in [1.165, 1.54) is 17.5 Å². The zero-order valence-electron chi connectivity index (χ0n) is 17.8. The Morgan fingerprint density at radius 2 is 1.94 bits per heavy atom. The van der Waals surface area contributed by atoms with Gasteiger partial charge in [-0.15, -0.1) is 0 Å². The van der Waals surface area contributed by atoms with E-state index in [0.717, 1.165) is 5.69 Å². The number of aromatic nitrogens is 1. The van der Waals surface area contributed by atoms with Gasteiger partial charge in [-0.2, -0.15) is 0 Å². The maximum absolute atomic E-state index is 13.3. The molecule has 1 saturated heterocycles. The largest absolute Gasteiger partial charge is 0.459 e. The molecule has 5 rings (SSSR count). The molecule has 2 aliphatic heterocycles. The number of carbonyl (C=O) groups excluding carboxylic acids is 2. The van der Waals surface area contributed by atoms with Crippen LogP contribution in [0.2, 0.25) is 0 Å². The monoisotopic (exact) mass is 430 g/mol. The van der Waals surface area contributed by atoms with Gasteiger partial charge in [0.2, 0.25) is 5.91 Å². The van der Waals surface area contributed by atoms with Crippen LogP contribution < -0.4 is 10.2 Å².